The lowest BCUT2D eigenvalue weighted by Gasteiger charge is -2.14. The van der Waals surface area contributed by atoms with Gasteiger partial charge in [-0.15, -0.1) is 0 Å². The zero-order chi connectivity index (χ0) is 13.7. The Hall–Kier alpha value is -1.87. The Labute approximate surface area is 113 Å². The first-order valence-electron chi connectivity index (χ1n) is 6.46. The Bertz CT molecular complexity index is 528. The smallest absolute Gasteiger partial charge is 0.130 e. The molecule has 0 bridgehead atoms. The van der Waals surface area contributed by atoms with Gasteiger partial charge in [0.2, 0.25) is 0 Å². The second kappa shape index (κ2) is 6.34. The third-order valence-electron chi connectivity index (χ3n) is 3.00. The summed E-state index contributed by atoms with van der Waals surface area (Å²) < 4.78 is 19.1. The summed E-state index contributed by atoms with van der Waals surface area (Å²) in [6.07, 6.45) is 1.46. The van der Waals surface area contributed by atoms with Crippen LogP contribution >= 0.6 is 0 Å². The van der Waals surface area contributed by atoms with Crippen LogP contribution in [0.2, 0.25) is 0 Å². The Morgan fingerprint density at radius 2 is 1.89 bits per heavy atom. The van der Waals surface area contributed by atoms with Crippen molar-refractivity contribution in [3.05, 3.63) is 59.9 Å². The molecule has 0 saturated carbocycles. The first kappa shape index (κ1) is 13.6. The van der Waals surface area contributed by atoms with Gasteiger partial charge in [0.15, 0.2) is 0 Å². The molecule has 0 spiro atoms. The van der Waals surface area contributed by atoms with Crippen LogP contribution in [0.25, 0.3) is 0 Å². The number of para-hydroxylation sites is 1. The van der Waals surface area contributed by atoms with E-state index in [2.05, 4.69) is 0 Å². The van der Waals surface area contributed by atoms with Gasteiger partial charge in [-0.1, -0.05) is 25.1 Å². The van der Waals surface area contributed by atoms with Crippen molar-refractivity contribution in [2.45, 2.75) is 25.8 Å². The molecule has 0 radical (unpaired) electrons. The fourth-order valence-electron chi connectivity index (χ4n) is 1.85. The zero-order valence-electron chi connectivity index (χ0n) is 11.0. The van der Waals surface area contributed by atoms with Crippen molar-refractivity contribution in [2.75, 3.05) is 0 Å². The molecule has 0 amide bonds. The topological polar surface area (TPSA) is 35.2 Å². The van der Waals surface area contributed by atoms with Crippen molar-refractivity contribution < 1.29 is 9.13 Å². The summed E-state index contributed by atoms with van der Waals surface area (Å²) in [5.41, 5.74) is 6.74. The molecular weight excluding hydrogens is 241 g/mol. The molecule has 0 aliphatic heterocycles. The molecule has 0 saturated heterocycles. The van der Waals surface area contributed by atoms with Gasteiger partial charge in [-0.2, -0.15) is 0 Å². The highest BCUT2D eigenvalue weighted by atomic mass is 19.1. The molecule has 0 aliphatic carbocycles. The molecule has 19 heavy (non-hydrogen) atoms. The van der Waals surface area contributed by atoms with Gasteiger partial charge in [-0.3, -0.25) is 0 Å². The third-order valence-corrected chi connectivity index (χ3v) is 3.00. The van der Waals surface area contributed by atoms with Gasteiger partial charge in [-0.25, -0.2) is 4.39 Å². The molecule has 2 N–H and O–H groups in total. The van der Waals surface area contributed by atoms with E-state index in [0.717, 1.165) is 17.7 Å². The Morgan fingerprint density at radius 1 is 1.16 bits per heavy atom. The highest BCUT2D eigenvalue weighted by Crippen LogP contribution is 2.27. The van der Waals surface area contributed by atoms with Crippen LogP contribution in [0.3, 0.4) is 0 Å². The fourth-order valence-corrected chi connectivity index (χ4v) is 1.85. The van der Waals surface area contributed by atoms with E-state index < -0.39 is 0 Å². The van der Waals surface area contributed by atoms with Crippen LogP contribution in [0.4, 0.5) is 4.39 Å². The molecule has 0 aliphatic rings. The molecule has 1 unspecified atom stereocenters. The van der Waals surface area contributed by atoms with Crippen LogP contribution in [-0.2, 0) is 6.42 Å². The molecule has 2 rings (SSSR count). The van der Waals surface area contributed by atoms with Gasteiger partial charge in [0.25, 0.3) is 0 Å². The van der Waals surface area contributed by atoms with Crippen molar-refractivity contribution in [2.24, 2.45) is 5.73 Å². The van der Waals surface area contributed by atoms with E-state index in [1.807, 2.05) is 37.3 Å². The largest absolute Gasteiger partial charge is 0.457 e. The van der Waals surface area contributed by atoms with E-state index in [4.69, 9.17) is 10.5 Å². The molecule has 2 aromatic rings. The average molecular weight is 259 g/mol. The van der Waals surface area contributed by atoms with Crippen molar-refractivity contribution in [1.29, 1.82) is 0 Å². The molecule has 2 aromatic carbocycles. The average Bonchev–Trinajstić information content (AvgIpc) is 2.43. The van der Waals surface area contributed by atoms with Gasteiger partial charge < -0.3 is 10.5 Å². The Kier molecular flexibility index (Phi) is 4.53. The zero-order valence-corrected chi connectivity index (χ0v) is 11.0. The van der Waals surface area contributed by atoms with E-state index in [1.54, 1.807) is 6.07 Å². The van der Waals surface area contributed by atoms with Gasteiger partial charge in [-0.05, 0) is 48.7 Å². The fraction of sp³-hybridized carbons (Fsp3) is 0.250. The van der Waals surface area contributed by atoms with E-state index in [1.165, 1.54) is 12.1 Å². The number of hydrogen-bond acceptors (Lipinski definition) is 2. The Morgan fingerprint density at radius 3 is 2.58 bits per heavy atom. The van der Waals surface area contributed by atoms with Crippen LogP contribution in [-0.4, -0.2) is 6.04 Å². The number of rotatable bonds is 5. The van der Waals surface area contributed by atoms with Gasteiger partial charge in [0, 0.05) is 6.04 Å². The summed E-state index contributed by atoms with van der Waals surface area (Å²) in [5.74, 6) is 1.13. The lowest BCUT2D eigenvalue weighted by Crippen LogP contribution is -2.21. The summed E-state index contributed by atoms with van der Waals surface area (Å²) in [6, 6.07) is 14.0. The normalized spacial score (nSPS) is 12.2. The lowest BCUT2D eigenvalue weighted by atomic mass is 10.0. The minimum absolute atomic E-state index is 0.0138. The predicted octanol–water partition coefficient (Wildman–Crippen LogP) is 3.90. The second-order valence-electron chi connectivity index (χ2n) is 4.54. The maximum absolute atomic E-state index is 13.3. The predicted molar refractivity (Wildman–Crippen MR) is 74.9 cm³/mol. The standard InChI is InChI=1S/C16H18FNO/c1-2-14(18)11-12-10-13(17)8-9-16(12)19-15-6-4-3-5-7-15/h3-10,14H,2,11,18H2,1H3. The monoisotopic (exact) mass is 259 g/mol. The van der Waals surface area contributed by atoms with Crippen molar-refractivity contribution >= 4 is 0 Å². The SMILES string of the molecule is CCC(N)Cc1cc(F)ccc1Oc1ccccc1. The van der Waals surface area contributed by atoms with Crippen molar-refractivity contribution in [3.63, 3.8) is 0 Å². The minimum atomic E-state index is -0.265. The molecule has 1 atom stereocenters. The summed E-state index contributed by atoms with van der Waals surface area (Å²) in [6.45, 7) is 2.02. The van der Waals surface area contributed by atoms with E-state index >= 15 is 0 Å². The van der Waals surface area contributed by atoms with Gasteiger partial charge in [0.1, 0.15) is 17.3 Å². The maximum atomic E-state index is 13.3. The first-order valence-corrected chi connectivity index (χ1v) is 6.46. The van der Waals surface area contributed by atoms with Crippen molar-refractivity contribution in [1.82, 2.24) is 0 Å². The van der Waals surface area contributed by atoms with Crippen LogP contribution < -0.4 is 10.5 Å². The first-order chi connectivity index (χ1) is 9.19. The maximum Gasteiger partial charge on any atom is 0.130 e. The van der Waals surface area contributed by atoms with Crippen LogP contribution in [0.15, 0.2) is 48.5 Å². The summed E-state index contributed by atoms with van der Waals surface area (Å²) in [7, 11) is 0. The highest BCUT2D eigenvalue weighted by molar-refractivity contribution is 5.38. The Balaban J connectivity index is 2.24. The summed E-state index contributed by atoms with van der Waals surface area (Å²) in [5, 5.41) is 0. The van der Waals surface area contributed by atoms with E-state index in [9.17, 15) is 4.39 Å². The minimum Gasteiger partial charge on any atom is -0.457 e. The van der Waals surface area contributed by atoms with Gasteiger partial charge >= 0.3 is 0 Å². The number of benzene rings is 2. The molecular formula is C16H18FNO. The summed E-state index contributed by atoms with van der Waals surface area (Å²) >= 11 is 0. The molecule has 100 valence electrons. The van der Waals surface area contributed by atoms with E-state index in [0.29, 0.717) is 12.2 Å². The van der Waals surface area contributed by atoms with E-state index in [-0.39, 0.29) is 11.9 Å². The molecule has 2 nitrogen and oxygen atoms in total. The number of nitrogens with two attached hydrogens (primary N) is 1. The van der Waals surface area contributed by atoms with Crippen molar-refractivity contribution in [3.8, 4) is 11.5 Å². The van der Waals surface area contributed by atoms with Crippen LogP contribution in [0.1, 0.15) is 18.9 Å². The highest BCUT2D eigenvalue weighted by Gasteiger charge is 2.10. The second-order valence-corrected chi connectivity index (χ2v) is 4.54. The van der Waals surface area contributed by atoms with Crippen LogP contribution in [0.5, 0.6) is 11.5 Å². The number of ether oxygens (including phenoxy) is 1. The third kappa shape index (κ3) is 3.80. The van der Waals surface area contributed by atoms with Crippen LogP contribution in [0, 0.1) is 5.82 Å². The molecule has 3 heteroatoms. The molecule has 0 aromatic heterocycles. The molecule has 0 fully saturated rings. The summed E-state index contributed by atoms with van der Waals surface area (Å²) in [4.78, 5) is 0. The number of halogens is 1. The quantitative estimate of drug-likeness (QED) is 0.883. The van der Waals surface area contributed by atoms with Gasteiger partial charge in [0.05, 0.1) is 0 Å². The molecule has 0 heterocycles. The lowest BCUT2D eigenvalue weighted by molar-refractivity contribution is 0.469. The number of hydrogen-bond donors (Lipinski definition) is 1.